The van der Waals surface area contributed by atoms with Crippen LogP contribution >= 0.6 is 0 Å². The minimum Gasteiger partial charge on any atom is -0.478 e. The van der Waals surface area contributed by atoms with Crippen LogP contribution in [0.1, 0.15) is 42.6 Å². The number of aliphatic hydroxyl groups is 1. The molecule has 3 N–H and O–H groups in total. The van der Waals surface area contributed by atoms with Gasteiger partial charge < -0.3 is 15.5 Å². The molecule has 1 aromatic rings. The fraction of sp³-hybridized carbons (Fsp3) is 0.500. The molecule has 1 unspecified atom stereocenters. The van der Waals surface area contributed by atoms with E-state index >= 15 is 0 Å². The number of nitrogens with one attached hydrogen (secondary N) is 1. The van der Waals surface area contributed by atoms with Crippen molar-refractivity contribution in [3.8, 4) is 0 Å². The summed E-state index contributed by atoms with van der Waals surface area (Å²) >= 11 is 0. The van der Waals surface area contributed by atoms with Crippen molar-refractivity contribution in [1.82, 2.24) is 5.32 Å². The van der Waals surface area contributed by atoms with Gasteiger partial charge in [0.25, 0.3) is 0 Å². The Kier molecular flexibility index (Phi) is 6.88. The Morgan fingerprint density at radius 2 is 1.81 bits per heavy atom. The van der Waals surface area contributed by atoms with E-state index in [-0.39, 0.29) is 30.4 Å². The molecule has 1 rings (SSSR count). The van der Waals surface area contributed by atoms with Gasteiger partial charge in [-0.25, -0.2) is 4.79 Å². The van der Waals surface area contributed by atoms with Crippen LogP contribution in [0.2, 0.25) is 0 Å². The molecule has 116 valence electrons. The molecule has 1 atom stereocenters. The minimum absolute atomic E-state index is 0.00188. The first kappa shape index (κ1) is 17.2. The predicted octanol–water partition coefficient (Wildman–Crippen LogP) is 1.84. The van der Waals surface area contributed by atoms with Gasteiger partial charge in [0.1, 0.15) is 0 Å². The molecule has 1 amide bonds. The molecule has 1 aromatic carbocycles. The number of hydrogen-bond donors (Lipinski definition) is 3. The Morgan fingerprint density at radius 1 is 1.19 bits per heavy atom. The van der Waals surface area contributed by atoms with Gasteiger partial charge in [0.2, 0.25) is 5.91 Å². The summed E-state index contributed by atoms with van der Waals surface area (Å²) in [4.78, 5) is 22.9. The number of carbonyl (C=O) groups is 2. The maximum atomic E-state index is 11.9. The quantitative estimate of drug-likeness (QED) is 0.682. The molecule has 0 aromatic heterocycles. The Morgan fingerprint density at radius 3 is 2.38 bits per heavy atom. The van der Waals surface area contributed by atoms with Crippen molar-refractivity contribution in [2.24, 2.45) is 5.92 Å². The topological polar surface area (TPSA) is 86.6 Å². The van der Waals surface area contributed by atoms with Crippen molar-refractivity contribution >= 4 is 11.9 Å². The number of carboxylic acids is 1. The molecule has 0 aliphatic heterocycles. The summed E-state index contributed by atoms with van der Waals surface area (Å²) in [6.07, 6.45) is 1.14. The van der Waals surface area contributed by atoms with Crippen LogP contribution in [-0.4, -0.2) is 34.7 Å². The lowest BCUT2D eigenvalue weighted by molar-refractivity contribution is -0.121. The minimum atomic E-state index is -1.05. The van der Waals surface area contributed by atoms with Gasteiger partial charge in [0.05, 0.1) is 18.1 Å². The number of benzene rings is 1. The van der Waals surface area contributed by atoms with Crippen molar-refractivity contribution in [3.63, 3.8) is 0 Å². The summed E-state index contributed by atoms with van der Waals surface area (Å²) in [6, 6.07) is 6.43. The maximum absolute atomic E-state index is 11.9. The second-order valence-corrected chi connectivity index (χ2v) is 5.09. The molecule has 5 nitrogen and oxygen atoms in total. The maximum Gasteiger partial charge on any atom is 0.335 e. The highest BCUT2D eigenvalue weighted by molar-refractivity contribution is 5.91. The van der Waals surface area contributed by atoms with Crippen LogP contribution in [-0.2, 0) is 11.2 Å². The van der Waals surface area contributed by atoms with Crippen molar-refractivity contribution in [2.45, 2.75) is 39.2 Å². The number of amides is 1. The normalized spacial score (nSPS) is 12.2. The van der Waals surface area contributed by atoms with Gasteiger partial charge in [-0.3, -0.25) is 4.79 Å². The molecule has 0 saturated heterocycles. The van der Waals surface area contributed by atoms with E-state index in [0.29, 0.717) is 5.56 Å². The van der Waals surface area contributed by atoms with E-state index in [1.165, 1.54) is 6.07 Å². The standard InChI is InChI=1S/C16H23NO4/c1-3-11(4-2)14(18)10-17-15(19)9-12-7-5-6-8-13(12)16(20)21/h5-8,11,14,18H,3-4,9-10H2,1-2H3,(H,17,19)(H,20,21). The van der Waals surface area contributed by atoms with Crippen LogP contribution < -0.4 is 5.32 Å². The third-order valence-electron chi connectivity index (χ3n) is 3.70. The summed E-state index contributed by atoms with van der Waals surface area (Å²) in [5.74, 6) is -1.17. The first-order valence-corrected chi connectivity index (χ1v) is 7.25. The smallest absolute Gasteiger partial charge is 0.335 e. The van der Waals surface area contributed by atoms with Crippen LogP contribution in [0, 0.1) is 5.92 Å². The number of rotatable bonds is 8. The summed E-state index contributed by atoms with van der Waals surface area (Å²) in [6.45, 7) is 4.20. The average Bonchev–Trinajstić information content (AvgIpc) is 2.46. The molecule has 0 aliphatic rings. The Balaban J connectivity index is 2.57. The van der Waals surface area contributed by atoms with Crippen LogP contribution in [0.15, 0.2) is 24.3 Å². The number of carboxylic acid groups (broad SMARTS) is 1. The van der Waals surface area contributed by atoms with Crippen LogP contribution in [0.4, 0.5) is 0 Å². The summed E-state index contributed by atoms with van der Waals surface area (Å²) in [5, 5.41) is 21.7. The van der Waals surface area contributed by atoms with E-state index in [2.05, 4.69) is 5.32 Å². The zero-order chi connectivity index (χ0) is 15.8. The molecule has 0 radical (unpaired) electrons. The fourth-order valence-corrected chi connectivity index (χ4v) is 2.34. The third kappa shape index (κ3) is 5.19. The third-order valence-corrected chi connectivity index (χ3v) is 3.70. The van der Waals surface area contributed by atoms with Crippen molar-refractivity contribution in [2.75, 3.05) is 6.54 Å². The number of carbonyl (C=O) groups excluding carboxylic acids is 1. The van der Waals surface area contributed by atoms with Crippen LogP contribution in [0.3, 0.4) is 0 Å². The zero-order valence-corrected chi connectivity index (χ0v) is 12.5. The van der Waals surface area contributed by atoms with Gasteiger partial charge in [-0.05, 0) is 17.5 Å². The Hall–Kier alpha value is -1.88. The molecule has 0 fully saturated rings. The van der Waals surface area contributed by atoms with E-state index in [4.69, 9.17) is 5.11 Å². The average molecular weight is 293 g/mol. The largest absolute Gasteiger partial charge is 0.478 e. The first-order valence-electron chi connectivity index (χ1n) is 7.25. The van der Waals surface area contributed by atoms with Gasteiger partial charge in [-0.1, -0.05) is 44.9 Å². The summed E-state index contributed by atoms with van der Waals surface area (Å²) in [5.41, 5.74) is 0.604. The van der Waals surface area contributed by atoms with Crippen molar-refractivity contribution in [1.29, 1.82) is 0 Å². The highest BCUT2D eigenvalue weighted by Gasteiger charge is 2.17. The second-order valence-electron chi connectivity index (χ2n) is 5.09. The fourth-order valence-electron chi connectivity index (χ4n) is 2.34. The van der Waals surface area contributed by atoms with Gasteiger partial charge in [-0.15, -0.1) is 0 Å². The SMILES string of the molecule is CCC(CC)C(O)CNC(=O)Cc1ccccc1C(=O)O. The highest BCUT2D eigenvalue weighted by atomic mass is 16.4. The van der Waals surface area contributed by atoms with Crippen molar-refractivity contribution in [3.05, 3.63) is 35.4 Å². The van der Waals surface area contributed by atoms with Crippen LogP contribution in [0.25, 0.3) is 0 Å². The zero-order valence-electron chi connectivity index (χ0n) is 12.5. The first-order chi connectivity index (χ1) is 9.99. The molecule has 21 heavy (non-hydrogen) atoms. The molecular weight excluding hydrogens is 270 g/mol. The lowest BCUT2D eigenvalue weighted by Crippen LogP contribution is -2.36. The molecule has 5 heteroatoms. The Bertz CT molecular complexity index is 483. The molecular formula is C16H23NO4. The number of hydrogen-bond acceptors (Lipinski definition) is 3. The van der Waals surface area contributed by atoms with E-state index in [0.717, 1.165) is 12.8 Å². The van der Waals surface area contributed by atoms with Gasteiger partial charge in [-0.2, -0.15) is 0 Å². The highest BCUT2D eigenvalue weighted by Crippen LogP contribution is 2.13. The van der Waals surface area contributed by atoms with Crippen LogP contribution in [0.5, 0.6) is 0 Å². The van der Waals surface area contributed by atoms with Gasteiger partial charge >= 0.3 is 5.97 Å². The summed E-state index contributed by atoms with van der Waals surface area (Å²) < 4.78 is 0. The molecule has 0 aliphatic carbocycles. The van der Waals surface area contributed by atoms with Crippen molar-refractivity contribution < 1.29 is 19.8 Å². The van der Waals surface area contributed by atoms with E-state index in [9.17, 15) is 14.7 Å². The van der Waals surface area contributed by atoms with E-state index in [1.54, 1.807) is 18.2 Å². The molecule has 0 spiro atoms. The molecule has 0 bridgehead atoms. The van der Waals surface area contributed by atoms with Gasteiger partial charge in [0.15, 0.2) is 0 Å². The second kappa shape index (κ2) is 8.42. The lowest BCUT2D eigenvalue weighted by atomic mass is 9.96. The van der Waals surface area contributed by atoms with E-state index in [1.807, 2.05) is 13.8 Å². The number of aliphatic hydroxyl groups excluding tert-OH is 1. The summed E-state index contributed by atoms with van der Waals surface area (Å²) in [7, 11) is 0. The lowest BCUT2D eigenvalue weighted by Gasteiger charge is -2.20. The van der Waals surface area contributed by atoms with E-state index < -0.39 is 12.1 Å². The molecule has 0 saturated carbocycles. The Labute approximate surface area is 125 Å². The number of aromatic carboxylic acids is 1. The molecule has 0 heterocycles. The monoisotopic (exact) mass is 293 g/mol. The van der Waals surface area contributed by atoms with Gasteiger partial charge in [0, 0.05) is 6.54 Å². The predicted molar refractivity (Wildman–Crippen MR) is 80.2 cm³/mol.